The normalized spacial score (nSPS) is 28.7. The molecule has 0 radical (unpaired) electrons. The predicted molar refractivity (Wildman–Crippen MR) is 67.9 cm³/mol. The van der Waals surface area contributed by atoms with Crippen LogP contribution in [-0.4, -0.2) is 4.83 Å². The Morgan fingerprint density at radius 3 is 2.79 bits per heavy atom. The van der Waals surface area contributed by atoms with Crippen LogP contribution in [0.1, 0.15) is 42.9 Å². The zero-order valence-corrected chi connectivity index (χ0v) is 11.2. The molecule has 3 heteroatoms. The molecule has 2 unspecified atom stereocenters. The highest BCUT2D eigenvalue weighted by Crippen LogP contribution is 2.41. The predicted octanol–water partition coefficient (Wildman–Crippen LogP) is 5.21. The van der Waals surface area contributed by atoms with Gasteiger partial charge in [-0.25, -0.2) is 0 Å². The zero-order valence-electron chi connectivity index (χ0n) is 8.01. The highest BCUT2D eigenvalue weighted by Gasteiger charge is 2.25. The molecule has 2 atom stereocenters. The van der Waals surface area contributed by atoms with Crippen molar-refractivity contribution < 1.29 is 0 Å². The van der Waals surface area contributed by atoms with E-state index in [-0.39, 0.29) is 0 Å². The maximum atomic E-state index is 6.18. The van der Waals surface area contributed by atoms with Crippen molar-refractivity contribution in [1.29, 1.82) is 0 Å². The summed E-state index contributed by atoms with van der Waals surface area (Å²) in [5.41, 5.74) is 0. The molecule has 0 spiro atoms. The Morgan fingerprint density at radius 1 is 1.29 bits per heavy atom. The molecule has 0 amide bonds. The van der Waals surface area contributed by atoms with E-state index in [4.69, 9.17) is 11.6 Å². The van der Waals surface area contributed by atoms with E-state index >= 15 is 0 Å². The van der Waals surface area contributed by atoms with E-state index in [0.29, 0.717) is 10.7 Å². The molecule has 1 aliphatic rings. The van der Waals surface area contributed by atoms with E-state index in [1.807, 2.05) is 17.4 Å². The van der Waals surface area contributed by atoms with Crippen LogP contribution in [0.15, 0.2) is 11.4 Å². The van der Waals surface area contributed by atoms with Gasteiger partial charge in [-0.1, -0.05) is 46.8 Å². The molecule has 78 valence electrons. The Balaban J connectivity index is 2.19. The minimum atomic E-state index is 0.626. The van der Waals surface area contributed by atoms with E-state index in [1.165, 1.54) is 37.0 Å². The number of alkyl halides is 1. The Kier molecular flexibility index (Phi) is 3.92. The third-order valence-corrected chi connectivity index (χ3v) is 5.50. The van der Waals surface area contributed by atoms with Crippen molar-refractivity contribution >= 4 is 38.9 Å². The first-order valence-electron chi connectivity index (χ1n) is 5.16. The van der Waals surface area contributed by atoms with Gasteiger partial charge in [-0.3, -0.25) is 0 Å². The average molecular weight is 294 g/mol. The van der Waals surface area contributed by atoms with Gasteiger partial charge in [-0.2, -0.15) is 0 Å². The van der Waals surface area contributed by atoms with Crippen LogP contribution in [0.2, 0.25) is 5.02 Å². The number of hydrogen-bond donors (Lipinski definition) is 0. The second-order valence-corrected chi connectivity index (χ2v) is 6.42. The number of rotatable bonds is 1. The van der Waals surface area contributed by atoms with E-state index in [0.717, 1.165) is 5.02 Å². The van der Waals surface area contributed by atoms with Gasteiger partial charge in [0.15, 0.2) is 0 Å². The molecular weight excluding hydrogens is 280 g/mol. The van der Waals surface area contributed by atoms with Gasteiger partial charge in [0.1, 0.15) is 0 Å². The molecule has 0 nitrogen and oxygen atoms in total. The van der Waals surface area contributed by atoms with Gasteiger partial charge < -0.3 is 0 Å². The third kappa shape index (κ3) is 2.34. The summed E-state index contributed by atoms with van der Waals surface area (Å²) in [7, 11) is 0. The quantitative estimate of drug-likeness (QED) is 0.492. The second-order valence-electron chi connectivity index (χ2n) is 3.89. The third-order valence-electron chi connectivity index (χ3n) is 2.91. The largest absolute Gasteiger partial charge is 0.147 e. The van der Waals surface area contributed by atoms with Crippen molar-refractivity contribution in [1.82, 2.24) is 0 Å². The average Bonchev–Trinajstić information content (AvgIpc) is 2.46. The van der Waals surface area contributed by atoms with Crippen LogP contribution in [0.4, 0.5) is 0 Å². The van der Waals surface area contributed by atoms with Gasteiger partial charge in [-0.05, 0) is 24.3 Å². The minimum Gasteiger partial charge on any atom is -0.147 e. The molecule has 1 heterocycles. The number of hydrogen-bond acceptors (Lipinski definition) is 1. The number of halogens is 2. The van der Waals surface area contributed by atoms with Crippen molar-refractivity contribution in [3.05, 3.63) is 21.3 Å². The van der Waals surface area contributed by atoms with Gasteiger partial charge in [0.05, 0.1) is 5.02 Å². The van der Waals surface area contributed by atoms with E-state index in [2.05, 4.69) is 21.3 Å². The van der Waals surface area contributed by atoms with Gasteiger partial charge >= 0.3 is 0 Å². The van der Waals surface area contributed by atoms with Crippen LogP contribution >= 0.6 is 38.9 Å². The molecule has 0 aromatic carbocycles. The summed E-state index contributed by atoms with van der Waals surface area (Å²) >= 11 is 11.8. The lowest BCUT2D eigenvalue weighted by molar-refractivity contribution is 0.622. The second kappa shape index (κ2) is 5.00. The summed E-state index contributed by atoms with van der Waals surface area (Å²) in [5, 5.41) is 3.06. The molecule has 1 fully saturated rings. The summed E-state index contributed by atoms with van der Waals surface area (Å²) in [6, 6.07) is 2.02. The number of thiophene rings is 1. The van der Waals surface area contributed by atoms with Crippen LogP contribution in [-0.2, 0) is 0 Å². The van der Waals surface area contributed by atoms with Gasteiger partial charge in [-0.15, -0.1) is 11.3 Å². The van der Waals surface area contributed by atoms with Gasteiger partial charge in [0, 0.05) is 15.6 Å². The summed E-state index contributed by atoms with van der Waals surface area (Å²) in [6.07, 6.45) is 6.66. The fourth-order valence-electron chi connectivity index (χ4n) is 2.13. The van der Waals surface area contributed by atoms with Crippen molar-refractivity contribution in [3.63, 3.8) is 0 Å². The molecule has 1 aromatic heterocycles. The molecule has 1 aliphatic carbocycles. The highest BCUT2D eigenvalue weighted by atomic mass is 79.9. The first-order chi connectivity index (χ1) is 6.79. The molecular formula is C11H14BrClS. The summed E-state index contributed by atoms with van der Waals surface area (Å²) < 4.78 is 0. The molecule has 0 N–H and O–H groups in total. The first kappa shape index (κ1) is 11.0. The Labute approximate surface area is 103 Å². The molecule has 14 heavy (non-hydrogen) atoms. The van der Waals surface area contributed by atoms with Crippen molar-refractivity contribution in [3.8, 4) is 0 Å². The van der Waals surface area contributed by atoms with Crippen LogP contribution in [0.5, 0.6) is 0 Å². The smallest absolute Gasteiger partial charge is 0.0548 e. The van der Waals surface area contributed by atoms with E-state index in [9.17, 15) is 0 Å². The molecule has 0 saturated heterocycles. The lowest BCUT2D eigenvalue weighted by atomic mass is 9.98. The highest BCUT2D eigenvalue weighted by molar-refractivity contribution is 9.09. The van der Waals surface area contributed by atoms with Crippen LogP contribution in [0.25, 0.3) is 0 Å². The zero-order chi connectivity index (χ0) is 9.97. The van der Waals surface area contributed by atoms with E-state index in [1.54, 1.807) is 0 Å². The van der Waals surface area contributed by atoms with Crippen LogP contribution in [0.3, 0.4) is 0 Å². The monoisotopic (exact) mass is 292 g/mol. The van der Waals surface area contributed by atoms with Crippen molar-refractivity contribution in [2.75, 3.05) is 0 Å². The lowest BCUT2D eigenvalue weighted by Crippen LogP contribution is -2.09. The molecule has 0 bridgehead atoms. The lowest BCUT2D eigenvalue weighted by Gasteiger charge is -2.18. The van der Waals surface area contributed by atoms with Crippen molar-refractivity contribution in [2.45, 2.75) is 42.8 Å². The topological polar surface area (TPSA) is 0 Å². The maximum Gasteiger partial charge on any atom is 0.0548 e. The van der Waals surface area contributed by atoms with Crippen molar-refractivity contribution in [2.24, 2.45) is 0 Å². The summed E-state index contributed by atoms with van der Waals surface area (Å²) in [5.74, 6) is 0.644. The summed E-state index contributed by atoms with van der Waals surface area (Å²) in [6.45, 7) is 0. The Hall–Kier alpha value is 0.470. The molecule has 1 aromatic rings. The molecule has 1 saturated carbocycles. The van der Waals surface area contributed by atoms with Gasteiger partial charge in [0.25, 0.3) is 0 Å². The molecule has 0 aliphatic heterocycles. The Morgan fingerprint density at radius 2 is 2.07 bits per heavy atom. The van der Waals surface area contributed by atoms with Gasteiger partial charge in [0.2, 0.25) is 0 Å². The summed E-state index contributed by atoms with van der Waals surface area (Å²) in [4.78, 5) is 2.01. The first-order valence-corrected chi connectivity index (χ1v) is 7.33. The van der Waals surface area contributed by atoms with Crippen LogP contribution in [0, 0.1) is 0 Å². The maximum absolute atomic E-state index is 6.18. The fourth-order valence-corrected chi connectivity index (χ4v) is 4.55. The SMILES string of the molecule is Clc1ccsc1C1CCCCCC1Br. The van der Waals surface area contributed by atoms with Crippen LogP contribution < -0.4 is 0 Å². The molecule has 2 rings (SSSR count). The fraction of sp³-hybridized carbons (Fsp3) is 0.636. The Bertz CT molecular complexity index is 297. The minimum absolute atomic E-state index is 0.626. The standard InChI is InChI=1S/C11H14BrClS/c12-9-5-3-1-2-4-8(9)11-10(13)6-7-14-11/h6-9H,1-5H2. The van der Waals surface area contributed by atoms with E-state index < -0.39 is 0 Å².